The predicted molar refractivity (Wildman–Crippen MR) is 215 cm³/mol. The van der Waals surface area contributed by atoms with Gasteiger partial charge in [-0.1, -0.05) is 215 Å². The lowest BCUT2D eigenvalue weighted by atomic mass is 9.97. The van der Waals surface area contributed by atoms with Crippen molar-refractivity contribution in [2.24, 2.45) is 0 Å². The molecule has 2 nitrogen and oxygen atoms in total. The van der Waals surface area contributed by atoms with Crippen LogP contribution >= 0.6 is 0 Å². The maximum Gasteiger partial charge on any atom is 0.143 e. The van der Waals surface area contributed by atoms with Crippen molar-refractivity contribution in [3.63, 3.8) is 0 Å². The molecule has 258 valence electrons. The summed E-state index contributed by atoms with van der Waals surface area (Å²) in [6, 6.07) is 40.8. The summed E-state index contributed by atoms with van der Waals surface area (Å²) < 4.78 is 0. The monoisotopic (exact) mass is 639 g/mol. The van der Waals surface area contributed by atoms with Crippen LogP contribution in [0.1, 0.15) is 112 Å². The third-order valence-electron chi connectivity index (χ3n) is 5.16. The molecule has 4 rings (SSSR count). The Hall–Kier alpha value is -4.27. The van der Waals surface area contributed by atoms with Crippen LogP contribution in [-0.4, -0.2) is 18.5 Å². The van der Waals surface area contributed by atoms with Crippen LogP contribution < -0.4 is 0 Å². The van der Waals surface area contributed by atoms with Crippen LogP contribution in [0, 0.1) is 0 Å². The lowest BCUT2D eigenvalue weighted by molar-refractivity contribution is -0.104. The van der Waals surface area contributed by atoms with Gasteiger partial charge in [-0.2, -0.15) is 0 Å². The Bertz CT molecular complexity index is 1170. The fourth-order valence-electron chi connectivity index (χ4n) is 3.51. The van der Waals surface area contributed by atoms with Crippen molar-refractivity contribution >= 4 is 17.4 Å². The number of carbonyl (C=O) groups excluding carboxylic acids is 1. The second-order valence-corrected chi connectivity index (χ2v) is 8.71. The third-order valence-corrected chi connectivity index (χ3v) is 5.16. The fourth-order valence-corrected chi connectivity index (χ4v) is 3.51. The molecule has 0 saturated carbocycles. The van der Waals surface area contributed by atoms with E-state index in [0.717, 1.165) is 30.1 Å². The number of rotatable bonds is 6. The molecule has 4 aromatic carbocycles. The smallest absolute Gasteiger partial charge is 0.143 e. The Balaban J connectivity index is -0.000000292. The molecule has 0 aromatic heterocycles. The topological polar surface area (TPSA) is 37.3 Å². The normalized spacial score (nSPS) is 7.96. The van der Waals surface area contributed by atoms with Gasteiger partial charge in [0.15, 0.2) is 0 Å². The van der Waals surface area contributed by atoms with E-state index in [4.69, 9.17) is 5.11 Å². The molecular formula is C45H66O2. The highest BCUT2D eigenvalue weighted by atomic mass is 16.2. The van der Waals surface area contributed by atoms with Crippen molar-refractivity contribution in [1.82, 2.24) is 0 Å². The molecule has 47 heavy (non-hydrogen) atoms. The molecule has 2 heteroatoms. The highest BCUT2D eigenvalue weighted by Crippen LogP contribution is 2.24. The van der Waals surface area contributed by atoms with Gasteiger partial charge in [-0.15, -0.1) is 0 Å². The molecule has 0 aliphatic carbocycles. The average Bonchev–Trinajstić information content (AvgIpc) is 3.17. The van der Waals surface area contributed by atoms with Crippen molar-refractivity contribution < 1.29 is 9.90 Å². The molecule has 0 aliphatic heterocycles. The molecular weight excluding hydrogens is 572 g/mol. The zero-order chi connectivity index (χ0) is 36.7. The number of aldehydes is 1. The number of benzene rings is 4. The highest BCUT2D eigenvalue weighted by Gasteiger charge is 2.03. The standard InChI is InChI=1S/C18H18.C15H12O.C3H8.4C2H6.CH4O/c1-15(2)13-14-18(16-9-5-3-6-10-16)17-11-7-4-8-12-17;16-12-11-15(13-7-3-1-4-8-13)14-9-5-2-6-10-14;1-3-2;5*1-2/h3-14H,1-2H3;1-12H;3H2,1-2H3;4*1-2H3;2H,1H3. The molecule has 0 atom stereocenters. The molecule has 0 amide bonds. The molecule has 0 fully saturated rings. The van der Waals surface area contributed by atoms with E-state index in [9.17, 15) is 4.79 Å². The Morgan fingerprint density at radius 3 is 0.851 bits per heavy atom. The van der Waals surface area contributed by atoms with Gasteiger partial charge < -0.3 is 5.11 Å². The van der Waals surface area contributed by atoms with Crippen LogP contribution in [0.25, 0.3) is 11.1 Å². The van der Waals surface area contributed by atoms with E-state index in [1.807, 2.05) is 128 Å². The molecule has 0 aliphatic rings. The van der Waals surface area contributed by atoms with Gasteiger partial charge in [-0.05, 0) is 53.3 Å². The number of allylic oxidation sites excluding steroid dienone is 4. The minimum atomic E-state index is 0.829. The van der Waals surface area contributed by atoms with Gasteiger partial charge in [-0.25, -0.2) is 0 Å². The van der Waals surface area contributed by atoms with E-state index < -0.39 is 0 Å². The molecule has 0 saturated heterocycles. The SMILES string of the molecule is CC.CC.CC.CC.CC(C)=CC=C(c1ccccc1)c1ccccc1.CCC.CO.O=CC=C(c1ccccc1)c1ccccc1. The van der Waals surface area contributed by atoms with E-state index in [2.05, 4.69) is 88.4 Å². The van der Waals surface area contributed by atoms with Crippen LogP contribution in [0.2, 0.25) is 0 Å². The zero-order valence-electron chi connectivity index (χ0n) is 31.9. The molecule has 0 spiro atoms. The van der Waals surface area contributed by atoms with Crippen molar-refractivity contribution in [2.75, 3.05) is 7.11 Å². The minimum Gasteiger partial charge on any atom is -0.400 e. The molecule has 0 radical (unpaired) electrons. The van der Waals surface area contributed by atoms with Gasteiger partial charge in [0.25, 0.3) is 0 Å². The van der Waals surface area contributed by atoms with E-state index in [1.165, 1.54) is 28.7 Å². The van der Waals surface area contributed by atoms with Gasteiger partial charge in [0.2, 0.25) is 0 Å². The molecule has 1 N–H and O–H groups in total. The summed E-state index contributed by atoms with van der Waals surface area (Å²) >= 11 is 0. The van der Waals surface area contributed by atoms with Crippen LogP contribution in [0.5, 0.6) is 0 Å². The zero-order valence-corrected chi connectivity index (χ0v) is 31.9. The summed E-state index contributed by atoms with van der Waals surface area (Å²) in [5.41, 5.74) is 8.14. The van der Waals surface area contributed by atoms with Gasteiger partial charge >= 0.3 is 0 Å². The number of aliphatic hydroxyl groups excluding tert-OH is 1. The first-order valence-corrected chi connectivity index (χ1v) is 17.3. The van der Waals surface area contributed by atoms with Crippen LogP contribution in [0.15, 0.2) is 145 Å². The summed E-state index contributed by atoms with van der Waals surface area (Å²) in [6.45, 7) is 24.5. The summed E-state index contributed by atoms with van der Waals surface area (Å²) in [5.74, 6) is 0. The van der Waals surface area contributed by atoms with Gasteiger partial charge in [0, 0.05) is 7.11 Å². The maximum absolute atomic E-state index is 10.7. The third kappa shape index (κ3) is 24.6. The van der Waals surface area contributed by atoms with Crippen LogP contribution in [0.4, 0.5) is 0 Å². The van der Waals surface area contributed by atoms with Crippen LogP contribution in [-0.2, 0) is 4.79 Å². The van der Waals surface area contributed by atoms with E-state index in [1.54, 1.807) is 6.08 Å². The Morgan fingerprint density at radius 2 is 0.660 bits per heavy atom. The number of aliphatic hydroxyl groups is 1. The molecule has 4 aromatic rings. The lowest BCUT2D eigenvalue weighted by Crippen LogP contribution is -1.87. The van der Waals surface area contributed by atoms with Crippen LogP contribution in [0.3, 0.4) is 0 Å². The predicted octanol–water partition coefficient (Wildman–Crippen LogP) is 13.5. The van der Waals surface area contributed by atoms with Crippen molar-refractivity contribution in [3.8, 4) is 0 Å². The van der Waals surface area contributed by atoms with Crippen molar-refractivity contribution in [1.29, 1.82) is 0 Å². The highest BCUT2D eigenvalue weighted by molar-refractivity contribution is 5.89. The summed E-state index contributed by atoms with van der Waals surface area (Å²) in [4.78, 5) is 10.7. The van der Waals surface area contributed by atoms with Crippen molar-refractivity contribution in [2.45, 2.75) is 89.5 Å². The van der Waals surface area contributed by atoms with Gasteiger partial charge in [-0.3, -0.25) is 4.79 Å². The Kier molecular flexibility index (Phi) is 42.0. The second-order valence-electron chi connectivity index (χ2n) is 8.71. The summed E-state index contributed by atoms with van der Waals surface area (Å²) in [7, 11) is 1.00. The van der Waals surface area contributed by atoms with Gasteiger partial charge in [0.05, 0.1) is 0 Å². The summed E-state index contributed by atoms with van der Waals surface area (Å²) in [5, 5.41) is 7.00. The number of hydrogen-bond donors (Lipinski definition) is 1. The van der Waals surface area contributed by atoms with E-state index in [-0.39, 0.29) is 0 Å². The lowest BCUT2D eigenvalue weighted by Gasteiger charge is -2.07. The first kappa shape index (κ1) is 49.6. The first-order valence-electron chi connectivity index (χ1n) is 17.3. The number of carbonyl (C=O) groups is 1. The number of hydrogen-bond acceptors (Lipinski definition) is 2. The van der Waals surface area contributed by atoms with Gasteiger partial charge in [0.1, 0.15) is 6.29 Å². The minimum absolute atomic E-state index is 0.829. The first-order chi connectivity index (χ1) is 23.1. The second kappa shape index (κ2) is 39.8. The average molecular weight is 639 g/mol. The Morgan fingerprint density at radius 1 is 0.447 bits per heavy atom. The summed E-state index contributed by atoms with van der Waals surface area (Å²) in [6.07, 6.45) is 8.04. The van der Waals surface area contributed by atoms with E-state index >= 15 is 0 Å². The van der Waals surface area contributed by atoms with E-state index in [0.29, 0.717) is 0 Å². The molecule has 0 bridgehead atoms. The fraction of sp³-hybridized carbons (Fsp3) is 0.311. The quantitative estimate of drug-likeness (QED) is 0.130. The van der Waals surface area contributed by atoms with Crippen molar-refractivity contribution in [3.05, 3.63) is 167 Å². The molecule has 0 heterocycles. The maximum atomic E-state index is 10.7. The largest absolute Gasteiger partial charge is 0.400 e. The molecule has 0 unspecified atom stereocenters. The Labute approximate surface area is 290 Å².